The third-order valence-corrected chi connectivity index (χ3v) is 4.35. The van der Waals surface area contributed by atoms with E-state index in [2.05, 4.69) is 10.2 Å². The summed E-state index contributed by atoms with van der Waals surface area (Å²) >= 11 is 12.0. The van der Waals surface area contributed by atoms with Crippen LogP contribution in [0, 0.1) is 5.92 Å². The van der Waals surface area contributed by atoms with Gasteiger partial charge < -0.3 is 11.1 Å². The standard InChI is InChI=1S/C14H19Cl2N3O.ClH/c15-11-4-1-5-12(14(11)16)18-13(20)9-19-6-2-3-10(7-17)8-19;/h1,4-5,10H,2-3,6-9,17H2,(H,18,20);1H. The molecule has 1 aliphatic rings. The smallest absolute Gasteiger partial charge is 0.238 e. The highest BCUT2D eigenvalue weighted by atomic mass is 35.5. The van der Waals surface area contributed by atoms with E-state index in [0.717, 1.165) is 25.9 Å². The molecule has 21 heavy (non-hydrogen) atoms. The van der Waals surface area contributed by atoms with E-state index in [1.807, 2.05) is 0 Å². The molecule has 0 bridgehead atoms. The first-order chi connectivity index (χ1) is 9.60. The number of hydrogen-bond acceptors (Lipinski definition) is 3. The summed E-state index contributed by atoms with van der Waals surface area (Å²) < 4.78 is 0. The third kappa shape index (κ3) is 5.31. The maximum Gasteiger partial charge on any atom is 0.238 e. The summed E-state index contributed by atoms with van der Waals surface area (Å²) in [6.07, 6.45) is 2.24. The maximum atomic E-state index is 12.1. The van der Waals surface area contributed by atoms with Gasteiger partial charge in [-0.1, -0.05) is 29.3 Å². The fraction of sp³-hybridized carbons (Fsp3) is 0.500. The van der Waals surface area contributed by atoms with Crippen molar-refractivity contribution >= 4 is 47.2 Å². The number of carbonyl (C=O) groups is 1. The Morgan fingerprint density at radius 1 is 1.43 bits per heavy atom. The first-order valence-electron chi connectivity index (χ1n) is 6.76. The largest absolute Gasteiger partial charge is 0.330 e. The van der Waals surface area contributed by atoms with Crippen LogP contribution in [0.3, 0.4) is 0 Å². The Hall–Kier alpha value is -0.520. The molecular weight excluding hydrogens is 333 g/mol. The van der Waals surface area contributed by atoms with Crippen molar-refractivity contribution in [2.45, 2.75) is 12.8 Å². The summed E-state index contributed by atoms with van der Waals surface area (Å²) in [6.45, 7) is 2.86. The maximum absolute atomic E-state index is 12.1. The molecule has 0 aliphatic carbocycles. The second kappa shape index (κ2) is 8.81. The van der Waals surface area contributed by atoms with Crippen LogP contribution < -0.4 is 11.1 Å². The summed E-state index contributed by atoms with van der Waals surface area (Å²) in [5, 5.41) is 3.61. The van der Waals surface area contributed by atoms with Crippen LogP contribution in [0.25, 0.3) is 0 Å². The molecule has 4 nitrogen and oxygen atoms in total. The van der Waals surface area contributed by atoms with E-state index < -0.39 is 0 Å². The van der Waals surface area contributed by atoms with E-state index in [-0.39, 0.29) is 18.3 Å². The minimum Gasteiger partial charge on any atom is -0.330 e. The average molecular weight is 353 g/mol. The van der Waals surface area contributed by atoms with Gasteiger partial charge >= 0.3 is 0 Å². The van der Waals surface area contributed by atoms with Crippen molar-refractivity contribution in [1.29, 1.82) is 0 Å². The zero-order valence-corrected chi connectivity index (χ0v) is 14.0. The number of anilines is 1. The van der Waals surface area contributed by atoms with Crippen molar-refractivity contribution in [2.75, 3.05) is 31.5 Å². The van der Waals surface area contributed by atoms with Gasteiger partial charge in [0.2, 0.25) is 5.91 Å². The number of likely N-dealkylation sites (tertiary alicyclic amines) is 1. The molecule has 0 spiro atoms. The molecule has 1 amide bonds. The van der Waals surface area contributed by atoms with Crippen LogP contribution in [0.2, 0.25) is 10.0 Å². The van der Waals surface area contributed by atoms with Crippen molar-refractivity contribution in [1.82, 2.24) is 4.90 Å². The van der Waals surface area contributed by atoms with Crippen LogP contribution in [0.15, 0.2) is 18.2 Å². The minimum atomic E-state index is -0.0770. The fourth-order valence-electron chi connectivity index (χ4n) is 2.48. The van der Waals surface area contributed by atoms with Gasteiger partial charge in [0.25, 0.3) is 0 Å². The van der Waals surface area contributed by atoms with E-state index in [9.17, 15) is 4.79 Å². The fourth-order valence-corrected chi connectivity index (χ4v) is 2.83. The molecule has 0 radical (unpaired) electrons. The summed E-state index contributed by atoms with van der Waals surface area (Å²) in [5.74, 6) is 0.415. The number of nitrogens with one attached hydrogen (secondary N) is 1. The van der Waals surface area contributed by atoms with Gasteiger partial charge in [-0.15, -0.1) is 12.4 Å². The Morgan fingerprint density at radius 2 is 2.19 bits per heavy atom. The van der Waals surface area contributed by atoms with Gasteiger partial charge in [0.05, 0.1) is 22.3 Å². The first-order valence-corrected chi connectivity index (χ1v) is 7.52. The molecule has 1 unspecified atom stereocenters. The quantitative estimate of drug-likeness (QED) is 0.875. The zero-order valence-electron chi connectivity index (χ0n) is 11.6. The number of nitrogens with two attached hydrogens (primary N) is 1. The van der Waals surface area contributed by atoms with Gasteiger partial charge in [-0.25, -0.2) is 0 Å². The number of benzene rings is 1. The van der Waals surface area contributed by atoms with E-state index in [1.54, 1.807) is 18.2 Å². The highest BCUT2D eigenvalue weighted by molar-refractivity contribution is 6.43. The van der Waals surface area contributed by atoms with Crippen LogP contribution in [-0.4, -0.2) is 37.0 Å². The Balaban J connectivity index is 0.00000220. The van der Waals surface area contributed by atoms with Crippen molar-refractivity contribution < 1.29 is 4.79 Å². The molecule has 1 aliphatic heterocycles. The lowest BCUT2D eigenvalue weighted by atomic mass is 9.98. The molecule has 1 atom stereocenters. The first kappa shape index (κ1) is 18.5. The zero-order chi connectivity index (χ0) is 14.5. The van der Waals surface area contributed by atoms with Gasteiger partial charge in [-0.05, 0) is 44.0 Å². The van der Waals surface area contributed by atoms with Crippen molar-refractivity contribution in [2.24, 2.45) is 11.7 Å². The number of rotatable bonds is 4. The molecule has 3 N–H and O–H groups in total. The summed E-state index contributed by atoms with van der Waals surface area (Å²) in [7, 11) is 0. The normalized spacial score (nSPS) is 18.9. The van der Waals surface area contributed by atoms with Gasteiger partial charge in [0, 0.05) is 6.54 Å². The van der Waals surface area contributed by atoms with Gasteiger partial charge in [0.15, 0.2) is 0 Å². The minimum absolute atomic E-state index is 0. The highest BCUT2D eigenvalue weighted by Gasteiger charge is 2.20. The van der Waals surface area contributed by atoms with E-state index in [0.29, 0.717) is 34.7 Å². The molecular formula is C14H20Cl3N3O. The summed E-state index contributed by atoms with van der Waals surface area (Å²) in [5.41, 5.74) is 6.25. The summed E-state index contributed by atoms with van der Waals surface area (Å²) in [6, 6.07) is 5.19. The van der Waals surface area contributed by atoms with E-state index in [4.69, 9.17) is 28.9 Å². The number of nitrogens with zero attached hydrogens (tertiary/aromatic N) is 1. The lowest BCUT2D eigenvalue weighted by Gasteiger charge is -2.31. The molecule has 0 saturated carbocycles. The van der Waals surface area contributed by atoms with Crippen molar-refractivity contribution in [3.05, 3.63) is 28.2 Å². The molecule has 1 heterocycles. The Kier molecular flexibility index (Phi) is 7.77. The molecule has 1 fully saturated rings. The SMILES string of the molecule is Cl.NCC1CCCN(CC(=O)Nc2cccc(Cl)c2Cl)C1. The predicted octanol–water partition coefficient (Wildman–Crippen LogP) is 3.02. The third-order valence-electron chi connectivity index (χ3n) is 3.53. The lowest BCUT2D eigenvalue weighted by molar-refractivity contribution is -0.117. The lowest BCUT2D eigenvalue weighted by Crippen LogP contribution is -2.42. The van der Waals surface area contributed by atoms with E-state index in [1.165, 1.54) is 0 Å². The van der Waals surface area contributed by atoms with Gasteiger partial charge in [0.1, 0.15) is 0 Å². The molecule has 2 rings (SSSR count). The summed E-state index contributed by atoms with van der Waals surface area (Å²) in [4.78, 5) is 14.2. The second-order valence-corrected chi connectivity index (χ2v) is 5.91. The Bertz CT molecular complexity index is 485. The number of hydrogen-bond donors (Lipinski definition) is 2. The average Bonchev–Trinajstić information content (AvgIpc) is 2.44. The van der Waals surface area contributed by atoms with Gasteiger partial charge in [-0.2, -0.15) is 0 Å². The van der Waals surface area contributed by atoms with Crippen LogP contribution >= 0.6 is 35.6 Å². The molecule has 118 valence electrons. The number of carbonyl (C=O) groups excluding carboxylic acids is 1. The molecule has 1 aromatic carbocycles. The van der Waals surface area contributed by atoms with Crippen LogP contribution in [0.5, 0.6) is 0 Å². The molecule has 0 aromatic heterocycles. The second-order valence-electron chi connectivity index (χ2n) is 5.13. The molecule has 1 saturated heterocycles. The van der Waals surface area contributed by atoms with Crippen molar-refractivity contribution in [3.8, 4) is 0 Å². The number of piperidine rings is 1. The Morgan fingerprint density at radius 3 is 2.90 bits per heavy atom. The highest BCUT2D eigenvalue weighted by Crippen LogP contribution is 2.29. The topological polar surface area (TPSA) is 58.4 Å². The monoisotopic (exact) mass is 351 g/mol. The van der Waals surface area contributed by atoms with Gasteiger partial charge in [-0.3, -0.25) is 9.69 Å². The molecule has 1 aromatic rings. The van der Waals surface area contributed by atoms with Crippen molar-refractivity contribution in [3.63, 3.8) is 0 Å². The molecule has 7 heteroatoms. The van der Waals surface area contributed by atoms with Crippen LogP contribution in [-0.2, 0) is 4.79 Å². The van der Waals surface area contributed by atoms with Crippen LogP contribution in [0.1, 0.15) is 12.8 Å². The number of halogens is 3. The van der Waals surface area contributed by atoms with Crippen LogP contribution in [0.4, 0.5) is 5.69 Å². The van der Waals surface area contributed by atoms with E-state index >= 15 is 0 Å². The Labute approximate surface area is 141 Å². The predicted molar refractivity (Wildman–Crippen MR) is 90.6 cm³/mol. The number of amides is 1.